The molecule has 14 heavy (non-hydrogen) atoms. The van der Waals surface area contributed by atoms with Crippen LogP contribution in [-0.2, 0) is 14.3 Å². The van der Waals surface area contributed by atoms with E-state index in [2.05, 4.69) is 13.8 Å². The Bertz CT molecular complexity index is 272. The number of rotatable bonds is 1. The third-order valence-corrected chi connectivity index (χ3v) is 4.14. The number of hydrogen-bond acceptors (Lipinski definition) is 3. The van der Waals surface area contributed by atoms with Gasteiger partial charge in [-0.15, -0.1) is 0 Å². The number of methoxy groups -OCH3 is 1. The Morgan fingerprint density at radius 3 is 2.43 bits per heavy atom. The Hall–Kier alpha value is -0.570. The van der Waals surface area contributed by atoms with E-state index in [1.54, 1.807) is 0 Å². The minimum Gasteiger partial charge on any atom is -0.469 e. The molecule has 0 amide bonds. The predicted molar refractivity (Wildman–Crippen MR) is 51.8 cm³/mol. The highest BCUT2D eigenvalue weighted by molar-refractivity contribution is 5.77. The summed E-state index contributed by atoms with van der Waals surface area (Å²) in [6.45, 7) is 6.25. The normalized spacial score (nSPS) is 44.0. The van der Waals surface area contributed by atoms with Gasteiger partial charge in [-0.05, 0) is 25.2 Å². The maximum Gasteiger partial charge on any atom is 0.312 e. The topological polar surface area (TPSA) is 38.8 Å². The van der Waals surface area contributed by atoms with Crippen molar-refractivity contribution < 1.29 is 14.3 Å². The molecule has 1 saturated heterocycles. The molecule has 0 aromatic rings. The summed E-state index contributed by atoms with van der Waals surface area (Å²) in [6, 6.07) is 0. The quantitative estimate of drug-likeness (QED) is 0.476. The van der Waals surface area contributed by atoms with Crippen molar-refractivity contribution in [3.8, 4) is 0 Å². The molecule has 0 radical (unpaired) electrons. The van der Waals surface area contributed by atoms with Crippen LogP contribution < -0.4 is 0 Å². The van der Waals surface area contributed by atoms with Crippen LogP contribution in [-0.4, -0.2) is 25.3 Å². The van der Waals surface area contributed by atoms with Crippen LogP contribution in [0.3, 0.4) is 0 Å². The first-order valence-electron chi connectivity index (χ1n) is 5.14. The molecule has 0 N–H and O–H groups in total. The van der Waals surface area contributed by atoms with Crippen LogP contribution in [0.2, 0.25) is 0 Å². The summed E-state index contributed by atoms with van der Waals surface area (Å²) >= 11 is 0. The number of ether oxygens (including phenoxy) is 2. The predicted octanol–water partition coefficient (Wildman–Crippen LogP) is 1.75. The number of epoxide rings is 1. The van der Waals surface area contributed by atoms with Crippen LogP contribution in [0.5, 0.6) is 0 Å². The van der Waals surface area contributed by atoms with Gasteiger partial charge in [-0.1, -0.05) is 13.8 Å². The highest BCUT2D eigenvalue weighted by Gasteiger charge is 2.60. The number of carbonyl (C=O) groups is 1. The van der Waals surface area contributed by atoms with Crippen molar-refractivity contribution >= 4 is 5.97 Å². The first-order chi connectivity index (χ1) is 6.40. The third-order valence-electron chi connectivity index (χ3n) is 4.14. The molecule has 3 heteroatoms. The van der Waals surface area contributed by atoms with Crippen LogP contribution in [0.25, 0.3) is 0 Å². The molecule has 0 spiro atoms. The molecule has 2 fully saturated rings. The van der Waals surface area contributed by atoms with Crippen molar-refractivity contribution in [3.05, 3.63) is 0 Å². The summed E-state index contributed by atoms with van der Waals surface area (Å²) in [5.41, 5.74) is -0.419. The van der Waals surface area contributed by atoms with Gasteiger partial charge in [0.15, 0.2) is 0 Å². The minimum absolute atomic E-state index is 0.0300. The van der Waals surface area contributed by atoms with Crippen LogP contribution in [0.1, 0.15) is 33.6 Å². The number of carbonyl (C=O) groups excluding carboxylic acids is 1. The summed E-state index contributed by atoms with van der Waals surface area (Å²) < 4.78 is 10.4. The molecule has 2 rings (SSSR count). The van der Waals surface area contributed by atoms with Crippen LogP contribution in [0.15, 0.2) is 0 Å². The van der Waals surface area contributed by atoms with E-state index in [0.717, 1.165) is 12.8 Å². The van der Waals surface area contributed by atoms with Gasteiger partial charge in [-0.3, -0.25) is 4.79 Å². The van der Waals surface area contributed by atoms with E-state index in [0.29, 0.717) is 12.2 Å². The second-order valence-electron chi connectivity index (χ2n) is 5.33. The van der Waals surface area contributed by atoms with Crippen LogP contribution in [0.4, 0.5) is 0 Å². The summed E-state index contributed by atoms with van der Waals surface area (Å²) in [5.74, 6) is -0.101. The van der Waals surface area contributed by atoms with E-state index in [1.807, 2.05) is 6.92 Å². The monoisotopic (exact) mass is 198 g/mol. The average molecular weight is 198 g/mol. The lowest BCUT2D eigenvalue weighted by atomic mass is 9.59. The van der Waals surface area contributed by atoms with E-state index in [9.17, 15) is 4.79 Å². The van der Waals surface area contributed by atoms with Gasteiger partial charge in [-0.25, -0.2) is 0 Å². The van der Waals surface area contributed by atoms with Gasteiger partial charge >= 0.3 is 5.97 Å². The van der Waals surface area contributed by atoms with Gasteiger partial charge in [0.1, 0.15) is 0 Å². The molecular formula is C11H18O3. The van der Waals surface area contributed by atoms with Crippen LogP contribution >= 0.6 is 0 Å². The van der Waals surface area contributed by atoms with E-state index in [-0.39, 0.29) is 16.8 Å². The fourth-order valence-electron chi connectivity index (χ4n) is 2.53. The molecule has 2 aliphatic rings. The lowest BCUT2D eigenvalue weighted by Gasteiger charge is -2.43. The fourth-order valence-corrected chi connectivity index (χ4v) is 2.53. The zero-order valence-electron chi connectivity index (χ0n) is 9.29. The van der Waals surface area contributed by atoms with Gasteiger partial charge in [0.05, 0.1) is 24.7 Å². The molecule has 0 aromatic carbocycles. The van der Waals surface area contributed by atoms with E-state index < -0.39 is 0 Å². The molecule has 1 saturated carbocycles. The third kappa shape index (κ3) is 1.18. The first kappa shape index (κ1) is 9.97. The molecule has 3 atom stereocenters. The highest BCUT2D eigenvalue weighted by Crippen LogP contribution is 2.56. The van der Waals surface area contributed by atoms with Crippen molar-refractivity contribution in [2.45, 2.75) is 45.8 Å². The summed E-state index contributed by atoms with van der Waals surface area (Å²) in [4.78, 5) is 11.8. The maximum absolute atomic E-state index is 11.8. The lowest BCUT2D eigenvalue weighted by molar-refractivity contribution is -0.161. The van der Waals surface area contributed by atoms with Gasteiger partial charge in [0.2, 0.25) is 0 Å². The second-order valence-corrected chi connectivity index (χ2v) is 5.33. The van der Waals surface area contributed by atoms with Crippen molar-refractivity contribution in [2.24, 2.45) is 10.8 Å². The molecule has 3 nitrogen and oxygen atoms in total. The zero-order chi connectivity index (χ0) is 10.6. The number of hydrogen-bond donors (Lipinski definition) is 0. The van der Waals surface area contributed by atoms with Crippen molar-refractivity contribution in [1.82, 2.24) is 0 Å². The number of esters is 1. The Kier molecular flexibility index (Phi) is 1.94. The Balaban J connectivity index is 2.26. The van der Waals surface area contributed by atoms with Gasteiger partial charge in [-0.2, -0.15) is 0 Å². The first-order valence-corrected chi connectivity index (χ1v) is 5.14. The second kappa shape index (κ2) is 2.72. The highest BCUT2D eigenvalue weighted by atomic mass is 16.6. The van der Waals surface area contributed by atoms with E-state index >= 15 is 0 Å². The Morgan fingerprint density at radius 2 is 1.86 bits per heavy atom. The fraction of sp³-hybridized carbons (Fsp3) is 0.909. The molecule has 1 aliphatic carbocycles. The lowest BCUT2D eigenvalue weighted by Crippen LogP contribution is -2.47. The van der Waals surface area contributed by atoms with Crippen molar-refractivity contribution in [2.75, 3.05) is 7.11 Å². The molecule has 0 bridgehead atoms. The summed E-state index contributed by atoms with van der Waals surface area (Å²) in [7, 11) is 1.46. The SMILES string of the molecule is COC(=O)C1(C)CC2OC2CC1(C)C. The molecule has 3 unspecified atom stereocenters. The Labute approximate surface area is 84.8 Å². The summed E-state index contributed by atoms with van der Waals surface area (Å²) in [5, 5.41) is 0. The molecule has 1 aliphatic heterocycles. The minimum atomic E-state index is -0.389. The van der Waals surface area contributed by atoms with Gasteiger partial charge in [0, 0.05) is 0 Å². The summed E-state index contributed by atoms with van der Waals surface area (Å²) in [6.07, 6.45) is 2.45. The maximum atomic E-state index is 11.8. The number of fused-ring (bicyclic) bond motifs is 1. The zero-order valence-corrected chi connectivity index (χ0v) is 9.29. The largest absolute Gasteiger partial charge is 0.469 e. The Morgan fingerprint density at radius 1 is 1.29 bits per heavy atom. The average Bonchev–Trinajstić information content (AvgIpc) is 2.80. The van der Waals surface area contributed by atoms with Crippen LogP contribution in [0, 0.1) is 10.8 Å². The molecule has 80 valence electrons. The van der Waals surface area contributed by atoms with E-state index in [1.165, 1.54) is 7.11 Å². The van der Waals surface area contributed by atoms with Gasteiger partial charge in [0.25, 0.3) is 0 Å². The molecule has 1 heterocycles. The molecule has 0 aromatic heterocycles. The van der Waals surface area contributed by atoms with Crippen molar-refractivity contribution in [3.63, 3.8) is 0 Å². The van der Waals surface area contributed by atoms with E-state index in [4.69, 9.17) is 9.47 Å². The smallest absolute Gasteiger partial charge is 0.312 e. The standard InChI is InChI=1S/C11H18O3/c1-10(2)5-7-8(14-7)6-11(10,3)9(12)13-4/h7-8H,5-6H2,1-4H3. The molecular weight excluding hydrogens is 180 g/mol. The van der Waals surface area contributed by atoms with Gasteiger partial charge < -0.3 is 9.47 Å². The van der Waals surface area contributed by atoms with Crippen molar-refractivity contribution in [1.29, 1.82) is 0 Å².